The molecule has 0 aliphatic carbocycles. The Morgan fingerprint density at radius 3 is 2.52 bits per heavy atom. The predicted octanol–water partition coefficient (Wildman–Crippen LogP) is 2.97. The molecule has 0 atom stereocenters. The van der Waals surface area contributed by atoms with Crippen LogP contribution >= 0.6 is 0 Å². The number of H-pyrrole nitrogens is 1. The molecule has 2 aromatic heterocycles. The van der Waals surface area contributed by atoms with Gasteiger partial charge in [-0.05, 0) is 29.7 Å². The first-order valence-electron chi connectivity index (χ1n) is 10.0. The van der Waals surface area contributed by atoms with Crippen LogP contribution in [0.15, 0.2) is 58.1 Å². The number of aromatic nitrogens is 4. The summed E-state index contributed by atoms with van der Waals surface area (Å²) in [6, 6.07) is 14.4. The quantitative estimate of drug-likeness (QED) is 0.499. The molecule has 0 spiro atoms. The Labute approximate surface area is 178 Å². The van der Waals surface area contributed by atoms with Crippen molar-refractivity contribution in [2.75, 3.05) is 7.11 Å². The van der Waals surface area contributed by atoms with E-state index in [1.165, 1.54) is 17.7 Å². The van der Waals surface area contributed by atoms with Gasteiger partial charge in [-0.1, -0.05) is 44.2 Å². The summed E-state index contributed by atoms with van der Waals surface area (Å²) in [6.45, 7) is 4.90. The van der Waals surface area contributed by atoms with Crippen LogP contribution in [-0.4, -0.2) is 31.3 Å². The Balaban J connectivity index is 2.01. The first-order chi connectivity index (χ1) is 14.9. The van der Waals surface area contributed by atoms with Gasteiger partial charge in [0.25, 0.3) is 5.56 Å². The van der Waals surface area contributed by atoms with Crippen LogP contribution in [0.5, 0.6) is 11.5 Å². The highest BCUT2D eigenvalue weighted by Gasteiger charge is 2.21. The Hall–Kier alpha value is -3.81. The van der Waals surface area contributed by atoms with E-state index >= 15 is 0 Å². The lowest BCUT2D eigenvalue weighted by Gasteiger charge is -2.12. The SMILES string of the molecule is COc1cc(-c2nc3c(c(=O)[nH]c(=O)n3Cc3ccccc3)n2CC(C)C)ccc1O. The molecular formula is C23H24N4O4. The number of fused-ring (bicyclic) bond motifs is 1. The standard InChI is InChI=1S/C23H24N4O4/c1-14(2)12-26-19-21(24-20(26)16-9-10-17(28)18(11-16)31-3)27(23(30)25-22(19)29)13-15-7-5-4-6-8-15/h4-11,14,28H,12-13H2,1-3H3,(H,25,29,30). The van der Waals surface area contributed by atoms with Crippen molar-refractivity contribution in [1.29, 1.82) is 0 Å². The number of ether oxygens (including phenoxy) is 1. The summed E-state index contributed by atoms with van der Waals surface area (Å²) in [6.07, 6.45) is 0. The van der Waals surface area contributed by atoms with Crippen LogP contribution in [0.2, 0.25) is 0 Å². The summed E-state index contributed by atoms with van der Waals surface area (Å²) >= 11 is 0. The van der Waals surface area contributed by atoms with E-state index in [1.54, 1.807) is 12.1 Å². The Morgan fingerprint density at radius 1 is 1.10 bits per heavy atom. The average Bonchev–Trinajstić information content (AvgIpc) is 3.11. The second-order valence-corrected chi connectivity index (χ2v) is 7.83. The van der Waals surface area contributed by atoms with E-state index in [0.717, 1.165) is 5.56 Å². The lowest BCUT2D eigenvalue weighted by Crippen LogP contribution is -2.31. The van der Waals surface area contributed by atoms with Crippen LogP contribution in [0, 0.1) is 5.92 Å². The van der Waals surface area contributed by atoms with E-state index in [9.17, 15) is 14.7 Å². The molecule has 0 amide bonds. The summed E-state index contributed by atoms with van der Waals surface area (Å²) in [5.41, 5.74) is 1.26. The maximum absolute atomic E-state index is 12.8. The van der Waals surface area contributed by atoms with Gasteiger partial charge in [0.05, 0.1) is 13.7 Å². The highest BCUT2D eigenvalue weighted by atomic mass is 16.5. The van der Waals surface area contributed by atoms with Gasteiger partial charge < -0.3 is 14.4 Å². The summed E-state index contributed by atoms with van der Waals surface area (Å²) in [5.74, 6) is 1.07. The van der Waals surface area contributed by atoms with Gasteiger partial charge in [0, 0.05) is 12.1 Å². The minimum atomic E-state index is -0.509. The van der Waals surface area contributed by atoms with E-state index in [0.29, 0.717) is 34.8 Å². The van der Waals surface area contributed by atoms with Crippen LogP contribution < -0.4 is 16.0 Å². The molecule has 8 nitrogen and oxygen atoms in total. The normalized spacial score (nSPS) is 11.4. The van der Waals surface area contributed by atoms with Crippen molar-refractivity contribution in [3.63, 3.8) is 0 Å². The molecule has 31 heavy (non-hydrogen) atoms. The van der Waals surface area contributed by atoms with Crippen LogP contribution in [0.3, 0.4) is 0 Å². The molecule has 0 unspecified atom stereocenters. The molecule has 2 N–H and O–H groups in total. The molecule has 4 rings (SSSR count). The fourth-order valence-corrected chi connectivity index (χ4v) is 3.67. The molecular weight excluding hydrogens is 396 g/mol. The first kappa shape index (κ1) is 20.5. The van der Waals surface area contributed by atoms with E-state index in [2.05, 4.69) is 4.98 Å². The summed E-state index contributed by atoms with van der Waals surface area (Å²) in [7, 11) is 1.47. The van der Waals surface area contributed by atoms with Crippen molar-refractivity contribution in [3.8, 4) is 22.9 Å². The number of rotatable bonds is 6. The third kappa shape index (κ3) is 3.84. The number of hydrogen-bond acceptors (Lipinski definition) is 5. The molecule has 0 aliphatic rings. The Kier molecular flexibility index (Phi) is 5.37. The number of aromatic hydroxyl groups is 1. The van der Waals surface area contributed by atoms with Crippen molar-refractivity contribution in [2.24, 2.45) is 5.92 Å². The number of benzene rings is 2. The van der Waals surface area contributed by atoms with Crippen molar-refractivity contribution in [2.45, 2.75) is 26.9 Å². The molecule has 160 valence electrons. The zero-order valence-electron chi connectivity index (χ0n) is 17.6. The molecule has 0 radical (unpaired) electrons. The van der Waals surface area contributed by atoms with Crippen molar-refractivity contribution < 1.29 is 9.84 Å². The summed E-state index contributed by atoms with van der Waals surface area (Å²) in [5, 5.41) is 9.97. The third-order valence-electron chi connectivity index (χ3n) is 5.05. The average molecular weight is 420 g/mol. The number of aromatic amines is 1. The summed E-state index contributed by atoms with van der Waals surface area (Å²) in [4.78, 5) is 32.7. The number of hydrogen-bond donors (Lipinski definition) is 2. The van der Waals surface area contributed by atoms with Gasteiger partial charge in [-0.3, -0.25) is 14.3 Å². The third-order valence-corrected chi connectivity index (χ3v) is 5.05. The minimum Gasteiger partial charge on any atom is -0.504 e. The minimum absolute atomic E-state index is 0.0107. The topological polar surface area (TPSA) is 102 Å². The van der Waals surface area contributed by atoms with E-state index < -0.39 is 11.2 Å². The summed E-state index contributed by atoms with van der Waals surface area (Å²) < 4.78 is 8.54. The number of nitrogens with one attached hydrogen (secondary N) is 1. The maximum atomic E-state index is 12.8. The number of nitrogens with zero attached hydrogens (tertiary/aromatic N) is 3. The van der Waals surface area contributed by atoms with Crippen LogP contribution in [-0.2, 0) is 13.1 Å². The largest absolute Gasteiger partial charge is 0.504 e. The number of phenolic OH excluding ortho intramolecular Hbond substituents is 1. The number of imidazole rings is 1. The van der Waals surface area contributed by atoms with Gasteiger partial charge in [0.15, 0.2) is 22.7 Å². The van der Waals surface area contributed by atoms with E-state index in [1.807, 2.05) is 48.7 Å². The van der Waals surface area contributed by atoms with Gasteiger partial charge in [-0.15, -0.1) is 0 Å². The van der Waals surface area contributed by atoms with Gasteiger partial charge >= 0.3 is 5.69 Å². The predicted molar refractivity (Wildman–Crippen MR) is 119 cm³/mol. The Morgan fingerprint density at radius 2 is 1.84 bits per heavy atom. The van der Waals surface area contributed by atoms with Crippen molar-refractivity contribution >= 4 is 11.2 Å². The molecule has 0 aliphatic heterocycles. The van der Waals surface area contributed by atoms with Crippen LogP contribution in [0.1, 0.15) is 19.4 Å². The monoisotopic (exact) mass is 420 g/mol. The number of methoxy groups -OCH3 is 1. The highest BCUT2D eigenvalue weighted by molar-refractivity contribution is 5.77. The molecule has 0 fully saturated rings. The molecule has 8 heteroatoms. The molecule has 0 bridgehead atoms. The van der Waals surface area contributed by atoms with E-state index in [4.69, 9.17) is 9.72 Å². The maximum Gasteiger partial charge on any atom is 0.330 e. The lowest BCUT2D eigenvalue weighted by atomic mass is 10.1. The van der Waals surface area contributed by atoms with Gasteiger partial charge in [0.2, 0.25) is 0 Å². The zero-order chi connectivity index (χ0) is 22.1. The molecule has 0 saturated heterocycles. The van der Waals surface area contributed by atoms with Crippen LogP contribution in [0.4, 0.5) is 0 Å². The van der Waals surface area contributed by atoms with Crippen molar-refractivity contribution in [3.05, 3.63) is 74.9 Å². The van der Waals surface area contributed by atoms with E-state index in [-0.39, 0.29) is 18.2 Å². The molecule has 2 aromatic carbocycles. The number of phenols is 1. The highest BCUT2D eigenvalue weighted by Crippen LogP contribution is 2.32. The zero-order valence-corrected chi connectivity index (χ0v) is 17.6. The fourth-order valence-electron chi connectivity index (χ4n) is 3.67. The van der Waals surface area contributed by atoms with Crippen LogP contribution in [0.25, 0.3) is 22.6 Å². The Bertz CT molecular complexity index is 1350. The fraction of sp³-hybridized carbons (Fsp3) is 0.261. The van der Waals surface area contributed by atoms with Gasteiger partial charge in [0.1, 0.15) is 5.82 Å². The first-order valence-corrected chi connectivity index (χ1v) is 10.0. The smallest absolute Gasteiger partial charge is 0.330 e. The van der Waals surface area contributed by atoms with Gasteiger partial charge in [-0.25, -0.2) is 9.78 Å². The second-order valence-electron chi connectivity index (χ2n) is 7.83. The van der Waals surface area contributed by atoms with Gasteiger partial charge in [-0.2, -0.15) is 0 Å². The second kappa shape index (κ2) is 8.14. The molecule has 4 aromatic rings. The van der Waals surface area contributed by atoms with Crippen molar-refractivity contribution in [1.82, 2.24) is 19.1 Å². The molecule has 0 saturated carbocycles. The lowest BCUT2D eigenvalue weighted by molar-refractivity contribution is 0.373. The molecule has 2 heterocycles.